The van der Waals surface area contributed by atoms with Gasteiger partial charge in [0.25, 0.3) is 0 Å². The van der Waals surface area contributed by atoms with E-state index in [1.165, 1.54) is 0 Å². The summed E-state index contributed by atoms with van der Waals surface area (Å²) in [4.78, 5) is 22.7. The van der Waals surface area contributed by atoms with Crippen molar-refractivity contribution in [2.24, 2.45) is 5.92 Å². The summed E-state index contributed by atoms with van der Waals surface area (Å²) in [6.45, 7) is 3.78. The van der Waals surface area contributed by atoms with Crippen molar-refractivity contribution >= 4 is 29.3 Å². The first-order chi connectivity index (χ1) is 10.3. The third kappa shape index (κ3) is 4.27. The molecule has 1 aromatic rings. The van der Waals surface area contributed by atoms with Crippen LogP contribution in [0.5, 0.6) is 5.75 Å². The molecule has 6 nitrogen and oxygen atoms in total. The van der Waals surface area contributed by atoms with Gasteiger partial charge in [0.2, 0.25) is 0 Å². The lowest BCUT2D eigenvalue weighted by Gasteiger charge is -2.32. The number of carbonyl (C=O) groups excluding carboxylic acids is 1. The van der Waals surface area contributed by atoms with Gasteiger partial charge >= 0.3 is 12.0 Å². The Kier molecular flexibility index (Phi) is 5.13. The number of ether oxygens (including phenoxy) is 1. The number of anilines is 1. The Morgan fingerprint density at radius 1 is 1.36 bits per heavy atom. The van der Waals surface area contributed by atoms with Gasteiger partial charge in [-0.25, -0.2) is 4.79 Å². The van der Waals surface area contributed by atoms with Gasteiger partial charge in [-0.05, 0) is 44.9 Å². The molecule has 0 heterocycles. The summed E-state index contributed by atoms with van der Waals surface area (Å²) >= 11 is 5.94. The molecule has 7 heteroatoms. The molecule has 1 saturated carbocycles. The largest absolute Gasteiger partial charge is 0.489 e. The molecule has 22 heavy (non-hydrogen) atoms. The molecule has 2 amide bonds. The van der Waals surface area contributed by atoms with Crippen LogP contribution in [-0.4, -0.2) is 29.3 Å². The molecular weight excluding hydrogens is 308 g/mol. The molecule has 0 aliphatic heterocycles. The van der Waals surface area contributed by atoms with Gasteiger partial charge in [0.05, 0.1) is 17.7 Å². The molecule has 1 aromatic carbocycles. The summed E-state index contributed by atoms with van der Waals surface area (Å²) in [6, 6.07) is 4.48. The van der Waals surface area contributed by atoms with Crippen molar-refractivity contribution in [1.29, 1.82) is 0 Å². The van der Waals surface area contributed by atoms with Crippen LogP contribution in [0, 0.1) is 5.92 Å². The third-order valence-electron chi connectivity index (χ3n) is 3.38. The quantitative estimate of drug-likeness (QED) is 0.775. The van der Waals surface area contributed by atoms with Crippen LogP contribution in [0.25, 0.3) is 0 Å². The van der Waals surface area contributed by atoms with Crippen LogP contribution in [0.1, 0.15) is 26.7 Å². The minimum Gasteiger partial charge on any atom is -0.489 e. The number of benzene rings is 1. The Bertz CT molecular complexity index is 571. The van der Waals surface area contributed by atoms with E-state index in [2.05, 4.69) is 10.6 Å². The number of carbonyl (C=O) groups is 2. The molecule has 1 aliphatic rings. The van der Waals surface area contributed by atoms with Crippen LogP contribution in [0.3, 0.4) is 0 Å². The predicted molar refractivity (Wildman–Crippen MR) is 83.5 cm³/mol. The van der Waals surface area contributed by atoms with E-state index in [9.17, 15) is 9.59 Å². The molecule has 0 unspecified atom stereocenters. The zero-order valence-corrected chi connectivity index (χ0v) is 13.2. The topological polar surface area (TPSA) is 87.7 Å². The van der Waals surface area contributed by atoms with Crippen molar-refractivity contribution in [3.63, 3.8) is 0 Å². The minimum atomic E-state index is -0.819. The van der Waals surface area contributed by atoms with Gasteiger partial charge in [0.15, 0.2) is 0 Å². The fourth-order valence-electron chi connectivity index (χ4n) is 2.24. The molecule has 3 N–H and O–H groups in total. The normalized spacial score (nSPS) is 20.2. The molecule has 0 saturated heterocycles. The molecule has 120 valence electrons. The van der Waals surface area contributed by atoms with E-state index in [-0.39, 0.29) is 18.1 Å². The summed E-state index contributed by atoms with van der Waals surface area (Å²) in [5, 5.41) is 14.7. The van der Waals surface area contributed by atoms with E-state index in [4.69, 9.17) is 21.4 Å². The van der Waals surface area contributed by atoms with Gasteiger partial charge in [-0.1, -0.05) is 11.6 Å². The second-order valence-corrected chi connectivity index (χ2v) is 6.05. The number of urea groups is 1. The average Bonchev–Trinajstić information content (AvgIpc) is 2.35. The average molecular weight is 327 g/mol. The minimum absolute atomic E-state index is 0.0345. The zero-order valence-electron chi connectivity index (χ0n) is 12.4. The summed E-state index contributed by atoms with van der Waals surface area (Å²) in [5.74, 6) is -0.649. The lowest BCUT2D eigenvalue weighted by atomic mass is 9.80. The monoisotopic (exact) mass is 326 g/mol. The Morgan fingerprint density at radius 3 is 2.64 bits per heavy atom. The van der Waals surface area contributed by atoms with Crippen LogP contribution in [0.4, 0.5) is 10.5 Å². The highest BCUT2D eigenvalue weighted by Crippen LogP contribution is 2.30. The van der Waals surface area contributed by atoms with Crippen molar-refractivity contribution in [3.8, 4) is 5.75 Å². The number of aliphatic carboxylic acids is 1. The number of hydrogen-bond acceptors (Lipinski definition) is 3. The van der Waals surface area contributed by atoms with Gasteiger partial charge in [-0.3, -0.25) is 4.79 Å². The predicted octanol–water partition coefficient (Wildman–Crippen LogP) is 3.11. The van der Waals surface area contributed by atoms with Gasteiger partial charge in [0, 0.05) is 11.1 Å². The maximum atomic E-state index is 12.0. The van der Waals surface area contributed by atoms with Gasteiger partial charge < -0.3 is 20.5 Å². The van der Waals surface area contributed by atoms with Crippen molar-refractivity contribution in [3.05, 3.63) is 23.2 Å². The first-order valence-corrected chi connectivity index (χ1v) is 7.49. The highest BCUT2D eigenvalue weighted by Gasteiger charge is 2.35. The first-order valence-electron chi connectivity index (χ1n) is 7.11. The first kappa shape index (κ1) is 16.4. The molecule has 0 aromatic heterocycles. The maximum absolute atomic E-state index is 12.0. The number of rotatable bonds is 5. The highest BCUT2D eigenvalue weighted by molar-refractivity contribution is 6.31. The molecule has 1 aliphatic carbocycles. The standard InChI is InChI=1S/C15H19ClN2O4/c1-8(2)22-13-4-3-10(16)7-12(13)18-15(21)17-11-5-9(6-11)14(19)20/h3-4,7-9,11H,5-6H2,1-2H3,(H,19,20)(H2,17,18,21). The molecular formula is C15H19ClN2O4. The number of hydrogen-bond donors (Lipinski definition) is 3. The molecule has 0 bridgehead atoms. The fourth-order valence-corrected chi connectivity index (χ4v) is 2.41. The summed E-state index contributed by atoms with van der Waals surface area (Å²) in [7, 11) is 0. The number of amides is 2. The van der Waals surface area contributed by atoms with Crippen molar-refractivity contribution < 1.29 is 19.4 Å². The van der Waals surface area contributed by atoms with Gasteiger partial charge in [0.1, 0.15) is 5.75 Å². The molecule has 1 fully saturated rings. The van der Waals surface area contributed by atoms with Crippen molar-refractivity contribution in [1.82, 2.24) is 5.32 Å². The fraction of sp³-hybridized carbons (Fsp3) is 0.467. The molecule has 0 radical (unpaired) electrons. The number of nitrogens with one attached hydrogen (secondary N) is 2. The summed E-state index contributed by atoms with van der Waals surface area (Å²) in [6.07, 6.45) is 0.870. The molecule has 2 rings (SSSR count). The Morgan fingerprint density at radius 2 is 2.05 bits per heavy atom. The van der Waals surface area contributed by atoms with Crippen LogP contribution in [0.15, 0.2) is 18.2 Å². The van der Waals surface area contributed by atoms with E-state index in [1.54, 1.807) is 18.2 Å². The van der Waals surface area contributed by atoms with Gasteiger partial charge in [-0.15, -0.1) is 0 Å². The van der Waals surface area contributed by atoms with E-state index < -0.39 is 12.0 Å². The van der Waals surface area contributed by atoms with Crippen LogP contribution < -0.4 is 15.4 Å². The maximum Gasteiger partial charge on any atom is 0.319 e. The molecule has 0 spiro atoms. The second kappa shape index (κ2) is 6.87. The van der Waals surface area contributed by atoms with Crippen LogP contribution >= 0.6 is 11.6 Å². The van der Waals surface area contributed by atoms with Gasteiger partial charge in [-0.2, -0.15) is 0 Å². The molecule has 0 atom stereocenters. The SMILES string of the molecule is CC(C)Oc1ccc(Cl)cc1NC(=O)NC1CC(C(=O)O)C1. The number of carboxylic acids is 1. The highest BCUT2D eigenvalue weighted by atomic mass is 35.5. The Hall–Kier alpha value is -1.95. The number of carboxylic acid groups (broad SMARTS) is 1. The van der Waals surface area contributed by atoms with Crippen molar-refractivity contribution in [2.45, 2.75) is 38.8 Å². The summed E-state index contributed by atoms with van der Waals surface area (Å²) < 4.78 is 5.62. The Balaban J connectivity index is 1.94. The summed E-state index contributed by atoms with van der Waals surface area (Å²) in [5.41, 5.74) is 0.479. The lowest BCUT2D eigenvalue weighted by Crippen LogP contribution is -2.48. The number of halogens is 1. The van der Waals surface area contributed by atoms with E-state index in [0.29, 0.717) is 29.3 Å². The van der Waals surface area contributed by atoms with E-state index in [1.807, 2.05) is 13.8 Å². The Labute approximate surface area is 133 Å². The third-order valence-corrected chi connectivity index (χ3v) is 3.61. The smallest absolute Gasteiger partial charge is 0.319 e. The van der Waals surface area contributed by atoms with E-state index in [0.717, 1.165) is 0 Å². The lowest BCUT2D eigenvalue weighted by molar-refractivity contribution is -0.145. The van der Waals surface area contributed by atoms with Crippen molar-refractivity contribution in [2.75, 3.05) is 5.32 Å². The van der Waals surface area contributed by atoms with Crippen LogP contribution in [-0.2, 0) is 4.79 Å². The second-order valence-electron chi connectivity index (χ2n) is 5.61. The zero-order chi connectivity index (χ0) is 16.3. The van der Waals surface area contributed by atoms with Crippen LogP contribution in [0.2, 0.25) is 5.02 Å². The van der Waals surface area contributed by atoms with E-state index >= 15 is 0 Å².